The molecule has 1 N–H and O–H groups in total. The predicted octanol–water partition coefficient (Wildman–Crippen LogP) is 3.14. The number of sulfonamides is 1. The average Bonchev–Trinajstić information content (AvgIpc) is 2.65. The number of nitrogens with one attached hydrogen (secondary N) is 1. The van der Waals surface area contributed by atoms with E-state index in [1.165, 1.54) is 16.7 Å². The number of rotatable bonds is 6. The van der Waals surface area contributed by atoms with Crippen LogP contribution in [0.3, 0.4) is 0 Å². The van der Waals surface area contributed by atoms with Gasteiger partial charge in [0.05, 0.1) is 4.90 Å². The van der Waals surface area contributed by atoms with Crippen molar-refractivity contribution in [2.24, 2.45) is 7.05 Å². The summed E-state index contributed by atoms with van der Waals surface area (Å²) in [5, 5.41) is 0. The molecule has 0 saturated carbocycles. The smallest absolute Gasteiger partial charge is 0.250 e. The van der Waals surface area contributed by atoms with Crippen LogP contribution >= 0.6 is 0 Å². The number of nitrogens with zero attached hydrogens (tertiary/aromatic N) is 1. The Kier molecular flexibility index (Phi) is 5.43. The molecule has 0 spiro atoms. The van der Waals surface area contributed by atoms with Gasteiger partial charge in [-0.1, -0.05) is 25.1 Å². The lowest BCUT2D eigenvalue weighted by molar-refractivity contribution is 0.484. The standard InChI is InChI=1S/C20H20N2O4S/c1-3-21-27(24,25)17-10-11-19(26-16-7-5-4-6-8-16)18(13-17)15-9-12-20(23)22(2)14-15/h4-14,21H,3H2,1-2H3. The zero-order valence-electron chi connectivity index (χ0n) is 15.0. The summed E-state index contributed by atoms with van der Waals surface area (Å²) < 4.78 is 34.7. The molecule has 0 aliphatic carbocycles. The van der Waals surface area contributed by atoms with E-state index in [1.54, 1.807) is 38.4 Å². The maximum atomic E-state index is 12.4. The van der Waals surface area contributed by atoms with E-state index in [4.69, 9.17) is 4.74 Å². The summed E-state index contributed by atoms with van der Waals surface area (Å²) in [6.07, 6.45) is 1.65. The largest absolute Gasteiger partial charge is 0.457 e. The normalized spacial score (nSPS) is 11.3. The van der Waals surface area contributed by atoms with E-state index >= 15 is 0 Å². The van der Waals surface area contributed by atoms with Crippen LogP contribution in [-0.2, 0) is 17.1 Å². The van der Waals surface area contributed by atoms with Gasteiger partial charge in [0.1, 0.15) is 11.5 Å². The van der Waals surface area contributed by atoms with E-state index in [1.807, 2.05) is 30.3 Å². The second-order valence-electron chi connectivity index (χ2n) is 5.94. The molecule has 27 heavy (non-hydrogen) atoms. The SMILES string of the molecule is CCNS(=O)(=O)c1ccc(Oc2ccccc2)c(-c2ccc(=O)n(C)c2)c1. The number of aryl methyl sites for hydroxylation is 1. The highest BCUT2D eigenvalue weighted by atomic mass is 32.2. The van der Waals surface area contributed by atoms with Crippen molar-refractivity contribution in [3.8, 4) is 22.6 Å². The Hall–Kier alpha value is -2.90. The molecule has 0 unspecified atom stereocenters. The molecule has 140 valence electrons. The molecule has 0 bridgehead atoms. The third kappa shape index (κ3) is 4.27. The summed E-state index contributed by atoms with van der Waals surface area (Å²) in [4.78, 5) is 11.8. The molecule has 3 rings (SSSR count). The highest BCUT2D eigenvalue weighted by Gasteiger charge is 2.17. The lowest BCUT2D eigenvalue weighted by atomic mass is 10.1. The Morgan fingerprint density at radius 3 is 2.44 bits per heavy atom. The molecular weight excluding hydrogens is 364 g/mol. The van der Waals surface area contributed by atoms with E-state index in [2.05, 4.69) is 4.72 Å². The second-order valence-corrected chi connectivity index (χ2v) is 7.71. The van der Waals surface area contributed by atoms with Crippen molar-refractivity contribution in [3.63, 3.8) is 0 Å². The Morgan fingerprint density at radius 1 is 1.04 bits per heavy atom. The first-order valence-corrected chi connectivity index (χ1v) is 9.92. The highest BCUT2D eigenvalue weighted by Crippen LogP contribution is 2.34. The topological polar surface area (TPSA) is 77.4 Å². The summed E-state index contributed by atoms with van der Waals surface area (Å²) in [5.74, 6) is 1.13. The number of para-hydroxylation sites is 1. The lowest BCUT2D eigenvalue weighted by Crippen LogP contribution is -2.23. The molecule has 0 fully saturated rings. The molecule has 3 aromatic rings. The second kappa shape index (κ2) is 7.77. The molecule has 2 aromatic carbocycles. The summed E-state index contributed by atoms with van der Waals surface area (Å²) in [6.45, 7) is 2.01. The fourth-order valence-electron chi connectivity index (χ4n) is 2.63. The van der Waals surface area contributed by atoms with E-state index < -0.39 is 10.0 Å². The first-order valence-electron chi connectivity index (χ1n) is 8.44. The van der Waals surface area contributed by atoms with Gasteiger partial charge in [0.15, 0.2) is 0 Å². The third-order valence-corrected chi connectivity index (χ3v) is 5.51. The molecular formula is C20H20N2O4S. The Bertz CT molecular complexity index is 1110. The van der Waals surface area contributed by atoms with Crippen molar-refractivity contribution in [1.29, 1.82) is 0 Å². The molecule has 6 nitrogen and oxygen atoms in total. The fourth-order valence-corrected chi connectivity index (χ4v) is 3.70. The minimum absolute atomic E-state index is 0.133. The number of pyridine rings is 1. The van der Waals surface area contributed by atoms with Gasteiger partial charge in [0.2, 0.25) is 15.6 Å². The first kappa shape index (κ1) is 18.9. The predicted molar refractivity (Wildman–Crippen MR) is 104 cm³/mol. The van der Waals surface area contributed by atoms with Crippen molar-refractivity contribution in [3.05, 3.63) is 77.2 Å². The van der Waals surface area contributed by atoms with Crippen LogP contribution in [-0.4, -0.2) is 19.5 Å². The number of hydrogen-bond donors (Lipinski definition) is 1. The quantitative estimate of drug-likeness (QED) is 0.708. The molecule has 0 radical (unpaired) electrons. The van der Waals surface area contributed by atoms with Crippen LogP contribution in [0.4, 0.5) is 0 Å². The maximum absolute atomic E-state index is 12.4. The van der Waals surface area contributed by atoms with Gasteiger partial charge in [-0.15, -0.1) is 0 Å². The number of benzene rings is 2. The van der Waals surface area contributed by atoms with Gasteiger partial charge < -0.3 is 9.30 Å². The molecule has 7 heteroatoms. The van der Waals surface area contributed by atoms with E-state index in [0.29, 0.717) is 29.2 Å². The van der Waals surface area contributed by atoms with Gasteiger partial charge in [0, 0.05) is 37.0 Å². The molecule has 1 heterocycles. The van der Waals surface area contributed by atoms with Crippen LogP contribution in [0.25, 0.3) is 11.1 Å². The van der Waals surface area contributed by atoms with Crippen LogP contribution in [0.15, 0.2) is 76.6 Å². The minimum atomic E-state index is -3.62. The fraction of sp³-hybridized carbons (Fsp3) is 0.150. The van der Waals surface area contributed by atoms with Gasteiger partial charge in [0.25, 0.3) is 0 Å². The van der Waals surface area contributed by atoms with Crippen LogP contribution in [0.1, 0.15) is 6.92 Å². The van der Waals surface area contributed by atoms with Gasteiger partial charge in [-0.25, -0.2) is 13.1 Å². The number of hydrogen-bond acceptors (Lipinski definition) is 4. The monoisotopic (exact) mass is 384 g/mol. The Labute approximate surface area is 158 Å². The summed E-state index contributed by atoms with van der Waals surface area (Å²) in [6, 6.07) is 17.0. The molecule has 0 aliphatic rings. The first-order chi connectivity index (χ1) is 12.9. The molecule has 0 saturated heterocycles. The van der Waals surface area contributed by atoms with Crippen LogP contribution in [0.5, 0.6) is 11.5 Å². The minimum Gasteiger partial charge on any atom is -0.457 e. The highest BCUT2D eigenvalue weighted by molar-refractivity contribution is 7.89. The molecule has 0 aliphatic heterocycles. The number of ether oxygens (including phenoxy) is 1. The van der Waals surface area contributed by atoms with E-state index in [0.717, 1.165) is 0 Å². The summed E-state index contributed by atoms with van der Waals surface area (Å²) in [5.41, 5.74) is 1.10. The molecule has 0 atom stereocenters. The van der Waals surface area contributed by atoms with Gasteiger partial charge in [-0.05, 0) is 36.4 Å². The maximum Gasteiger partial charge on any atom is 0.250 e. The van der Waals surface area contributed by atoms with Gasteiger partial charge in [-0.3, -0.25) is 4.79 Å². The van der Waals surface area contributed by atoms with Crippen molar-refractivity contribution in [1.82, 2.24) is 9.29 Å². The van der Waals surface area contributed by atoms with Crippen molar-refractivity contribution in [2.45, 2.75) is 11.8 Å². The summed E-state index contributed by atoms with van der Waals surface area (Å²) >= 11 is 0. The molecule has 1 aromatic heterocycles. The zero-order valence-corrected chi connectivity index (χ0v) is 15.9. The van der Waals surface area contributed by atoms with Crippen molar-refractivity contribution in [2.75, 3.05) is 6.54 Å². The zero-order chi connectivity index (χ0) is 19.4. The lowest BCUT2D eigenvalue weighted by Gasteiger charge is -2.14. The van der Waals surface area contributed by atoms with Crippen molar-refractivity contribution < 1.29 is 13.2 Å². The number of aromatic nitrogens is 1. The average molecular weight is 384 g/mol. The van der Waals surface area contributed by atoms with Crippen LogP contribution in [0, 0.1) is 0 Å². The van der Waals surface area contributed by atoms with Gasteiger partial charge in [-0.2, -0.15) is 0 Å². The Morgan fingerprint density at radius 2 is 1.78 bits per heavy atom. The van der Waals surface area contributed by atoms with Gasteiger partial charge >= 0.3 is 0 Å². The van der Waals surface area contributed by atoms with Crippen LogP contribution in [0.2, 0.25) is 0 Å². The van der Waals surface area contributed by atoms with E-state index in [-0.39, 0.29) is 10.5 Å². The Balaban J connectivity index is 2.15. The summed E-state index contributed by atoms with van der Waals surface area (Å²) in [7, 11) is -1.98. The van der Waals surface area contributed by atoms with E-state index in [9.17, 15) is 13.2 Å². The van der Waals surface area contributed by atoms with Crippen molar-refractivity contribution >= 4 is 10.0 Å². The van der Waals surface area contributed by atoms with Crippen LogP contribution < -0.4 is 15.0 Å². The molecule has 0 amide bonds. The third-order valence-electron chi connectivity index (χ3n) is 3.96.